The van der Waals surface area contributed by atoms with Gasteiger partial charge in [0.15, 0.2) is 0 Å². The standard InChI is InChI=1S/C11H18N4O/c1-2-16-11-10(7-13-9-14-11)8-15-5-3-12-4-6-15/h7,9,12H,2-6,8H2,1H3. The van der Waals surface area contributed by atoms with Crippen LogP contribution in [0.3, 0.4) is 0 Å². The van der Waals surface area contributed by atoms with E-state index in [0.717, 1.165) is 44.2 Å². The van der Waals surface area contributed by atoms with Crippen LogP contribution in [-0.4, -0.2) is 47.7 Å². The minimum atomic E-state index is 0.644. The van der Waals surface area contributed by atoms with E-state index in [1.165, 1.54) is 6.33 Å². The van der Waals surface area contributed by atoms with E-state index in [9.17, 15) is 0 Å². The van der Waals surface area contributed by atoms with Crippen LogP contribution >= 0.6 is 0 Å². The third-order valence-corrected chi connectivity index (χ3v) is 2.63. The van der Waals surface area contributed by atoms with Gasteiger partial charge in [-0.2, -0.15) is 0 Å². The summed E-state index contributed by atoms with van der Waals surface area (Å²) in [6, 6.07) is 0. The maximum atomic E-state index is 5.49. The first-order chi connectivity index (χ1) is 7.90. The summed E-state index contributed by atoms with van der Waals surface area (Å²) in [6.07, 6.45) is 3.38. The molecule has 0 saturated carbocycles. The predicted molar refractivity (Wildman–Crippen MR) is 61.3 cm³/mol. The van der Waals surface area contributed by atoms with Crippen LogP contribution in [0.25, 0.3) is 0 Å². The van der Waals surface area contributed by atoms with Gasteiger partial charge in [-0.15, -0.1) is 0 Å². The molecule has 0 bridgehead atoms. The van der Waals surface area contributed by atoms with Gasteiger partial charge in [0.25, 0.3) is 0 Å². The first-order valence-corrected chi connectivity index (χ1v) is 5.75. The SMILES string of the molecule is CCOc1ncncc1CN1CCNCC1. The molecule has 1 aliphatic rings. The van der Waals surface area contributed by atoms with Crippen LogP contribution < -0.4 is 10.1 Å². The number of aromatic nitrogens is 2. The van der Waals surface area contributed by atoms with Gasteiger partial charge in [0.05, 0.1) is 6.61 Å². The maximum absolute atomic E-state index is 5.49. The summed E-state index contributed by atoms with van der Waals surface area (Å²) in [6.45, 7) is 7.73. The highest BCUT2D eigenvalue weighted by Gasteiger charge is 2.13. The van der Waals surface area contributed by atoms with Crippen molar-refractivity contribution in [1.29, 1.82) is 0 Å². The fourth-order valence-electron chi connectivity index (χ4n) is 1.83. The van der Waals surface area contributed by atoms with Crippen molar-refractivity contribution in [2.45, 2.75) is 13.5 Å². The van der Waals surface area contributed by atoms with Crippen LogP contribution in [0.2, 0.25) is 0 Å². The highest BCUT2D eigenvalue weighted by Crippen LogP contribution is 2.15. The molecule has 1 saturated heterocycles. The van der Waals surface area contributed by atoms with Crippen LogP contribution in [0.4, 0.5) is 0 Å². The molecular weight excluding hydrogens is 204 g/mol. The van der Waals surface area contributed by atoms with Crippen molar-refractivity contribution in [2.24, 2.45) is 0 Å². The topological polar surface area (TPSA) is 50.3 Å². The first kappa shape index (κ1) is 11.3. The van der Waals surface area contributed by atoms with Gasteiger partial charge >= 0.3 is 0 Å². The quantitative estimate of drug-likeness (QED) is 0.793. The summed E-state index contributed by atoms with van der Waals surface area (Å²) in [5, 5.41) is 3.34. The van der Waals surface area contributed by atoms with Crippen molar-refractivity contribution in [3.8, 4) is 5.88 Å². The van der Waals surface area contributed by atoms with Crippen molar-refractivity contribution in [2.75, 3.05) is 32.8 Å². The average Bonchev–Trinajstić information content (AvgIpc) is 2.33. The van der Waals surface area contributed by atoms with E-state index in [-0.39, 0.29) is 0 Å². The summed E-state index contributed by atoms with van der Waals surface area (Å²) in [5.41, 5.74) is 1.08. The van der Waals surface area contributed by atoms with E-state index in [1.54, 1.807) is 0 Å². The van der Waals surface area contributed by atoms with Gasteiger partial charge in [-0.3, -0.25) is 4.90 Å². The lowest BCUT2D eigenvalue weighted by Crippen LogP contribution is -2.42. The van der Waals surface area contributed by atoms with Crippen molar-refractivity contribution < 1.29 is 4.74 Å². The number of rotatable bonds is 4. The van der Waals surface area contributed by atoms with Gasteiger partial charge in [-0.25, -0.2) is 9.97 Å². The molecule has 2 heterocycles. The van der Waals surface area contributed by atoms with E-state index >= 15 is 0 Å². The lowest BCUT2D eigenvalue weighted by Gasteiger charge is -2.27. The zero-order valence-electron chi connectivity index (χ0n) is 9.65. The molecule has 0 radical (unpaired) electrons. The number of hydrogen-bond donors (Lipinski definition) is 1. The molecule has 0 spiro atoms. The number of hydrogen-bond acceptors (Lipinski definition) is 5. The van der Waals surface area contributed by atoms with Crippen LogP contribution in [-0.2, 0) is 6.54 Å². The second-order valence-electron chi connectivity index (χ2n) is 3.81. The zero-order chi connectivity index (χ0) is 11.2. The normalized spacial score (nSPS) is 17.3. The fourth-order valence-corrected chi connectivity index (χ4v) is 1.83. The van der Waals surface area contributed by atoms with E-state index in [0.29, 0.717) is 6.61 Å². The highest BCUT2D eigenvalue weighted by molar-refractivity contribution is 5.22. The van der Waals surface area contributed by atoms with E-state index in [2.05, 4.69) is 20.2 Å². The Morgan fingerprint density at radius 3 is 3.00 bits per heavy atom. The fraction of sp³-hybridized carbons (Fsp3) is 0.636. The molecule has 16 heavy (non-hydrogen) atoms. The minimum absolute atomic E-state index is 0.644. The van der Waals surface area contributed by atoms with Crippen LogP contribution in [0.15, 0.2) is 12.5 Å². The Morgan fingerprint density at radius 2 is 2.25 bits per heavy atom. The first-order valence-electron chi connectivity index (χ1n) is 5.75. The highest BCUT2D eigenvalue weighted by atomic mass is 16.5. The molecule has 0 atom stereocenters. The zero-order valence-corrected chi connectivity index (χ0v) is 9.65. The molecule has 88 valence electrons. The molecule has 5 nitrogen and oxygen atoms in total. The van der Waals surface area contributed by atoms with Gasteiger partial charge in [0, 0.05) is 44.5 Å². The molecule has 0 aliphatic carbocycles. The summed E-state index contributed by atoms with van der Waals surface area (Å²) in [4.78, 5) is 10.6. The summed E-state index contributed by atoms with van der Waals surface area (Å²) in [5.74, 6) is 0.719. The average molecular weight is 222 g/mol. The van der Waals surface area contributed by atoms with E-state index < -0.39 is 0 Å². The molecule has 5 heteroatoms. The van der Waals surface area contributed by atoms with E-state index in [1.807, 2.05) is 13.1 Å². The van der Waals surface area contributed by atoms with Crippen LogP contribution in [0.1, 0.15) is 12.5 Å². The predicted octanol–water partition coefficient (Wildman–Crippen LogP) is 0.280. The Kier molecular flexibility index (Phi) is 4.07. The minimum Gasteiger partial charge on any atom is -0.478 e. The second kappa shape index (κ2) is 5.77. The Morgan fingerprint density at radius 1 is 1.44 bits per heavy atom. The smallest absolute Gasteiger partial charge is 0.220 e. The van der Waals surface area contributed by atoms with Crippen molar-refractivity contribution in [3.05, 3.63) is 18.1 Å². The summed E-state index contributed by atoms with van der Waals surface area (Å²) in [7, 11) is 0. The molecule has 1 fully saturated rings. The van der Waals surface area contributed by atoms with Gasteiger partial charge in [-0.05, 0) is 6.92 Å². The Labute approximate surface area is 95.8 Å². The third kappa shape index (κ3) is 2.90. The lowest BCUT2D eigenvalue weighted by molar-refractivity contribution is 0.226. The molecule has 0 aromatic carbocycles. The molecule has 0 unspecified atom stereocenters. The Hall–Kier alpha value is -1.20. The second-order valence-corrected chi connectivity index (χ2v) is 3.81. The van der Waals surface area contributed by atoms with Gasteiger partial charge in [0.1, 0.15) is 6.33 Å². The van der Waals surface area contributed by atoms with Crippen LogP contribution in [0, 0.1) is 0 Å². The molecule has 1 N–H and O–H groups in total. The maximum Gasteiger partial charge on any atom is 0.220 e. The number of piperazine rings is 1. The molecule has 2 rings (SSSR count). The Balaban J connectivity index is 2.01. The summed E-state index contributed by atoms with van der Waals surface area (Å²) >= 11 is 0. The molecule has 1 aliphatic heterocycles. The number of ether oxygens (including phenoxy) is 1. The Bertz CT molecular complexity index is 326. The van der Waals surface area contributed by atoms with Gasteiger partial charge in [0.2, 0.25) is 5.88 Å². The van der Waals surface area contributed by atoms with Crippen molar-refractivity contribution in [1.82, 2.24) is 20.2 Å². The van der Waals surface area contributed by atoms with E-state index in [4.69, 9.17) is 4.74 Å². The van der Waals surface area contributed by atoms with Gasteiger partial charge in [-0.1, -0.05) is 0 Å². The molecular formula is C11H18N4O. The van der Waals surface area contributed by atoms with Crippen molar-refractivity contribution in [3.63, 3.8) is 0 Å². The molecule has 1 aromatic rings. The monoisotopic (exact) mass is 222 g/mol. The third-order valence-electron chi connectivity index (χ3n) is 2.63. The van der Waals surface area contributed by atoms with Gasteiger partial charge < -0.3 is 10.1 Å². The van der Waals surface area contributed by atoms with Crippen LogP contribution in [0.5, 0.6) is 5.88 Å². The molecule has 0 amide bonds. The van der Waals surface area contributed by atoms with Crippen molar-refractivity contribution >= 4 is 0 Å². The summed E-state index contributed by atoms with van der Waals surface area (Å²) < 4.78 is 5.49. The molecule has 1 aromatic heterocycles. The number of nitrogens with one attached hydrogen (secondary N) is 1. The lowest BCUT2D eigenvalue weighted by atomic mass is 10.2. The number of nitrogens with zero attached hydrogens (tertiary/aromatic N) is 3. The largest absolute Gasteiger partial charge is 0.478 e.